The summed E-state index contributed by atoms with van der Waals surface area (Å²) in [6, 6.07) is 5.53. The highest BCUT2D eigenvalue weighted by Crippen LogP contribution is 2.28. The van der Waals surface area contributed by atoms with Gasteiger partial charge in [0.2, 0.25) is 0 Å². The van der Waals surface area contributed by atoms with Crippen LogP contribution in [0, 0.1) is 5.92 Å². The molecule has 6 nitrogen and oxygen atoms in total. The molecule has 0 bridgehead atoms. The van der Waals surface area contributed by atoms with Gasteiger partial charge in [-0.2, -0.15) is 0 Å². The molecule has 1 aliphatic rings. The quantitative estimate of drug-likeness (QED) is 0.370. The number of guanidine groups is 1. The van der Waals surface area contributed by atoms with Gasteiger partial charge in [-0.05, 0) is 44.0 Å². The van der Waals surface area contributed by atoms with Gasteiger partial charge in [0.25, 0.3) is 0 Å². The molecule has 0 saturated carbocycles. The Kier molecular flexibility index (Phi) is 9.96. The van der Waals surface area contributed by atoms with E-state index in [4.69, 9.17) is 15.2 Å². The van der Waals surface area contributed by atoms with Crippen LogP contribution in [-0.4, -0.2) is 51.3 Å². The van der Waals surface area contributed by atoms with Gasteiger partial charge in [-0.15, -0.1) is 24.0 Å². The van der Waals surface area contributed by atoms with Gasteiger partial charge in [0.1, 0.15) is 11.5 Å². The first-order valence-corrected chi connectivity index (χ1v) is 8.63. The number of nitrogens with one attached hydrogen (secondary N) is 1. The van der Waals surface area contributed by atoms with E-state index in [9.17, 15) is 0 Å². The third-order valence-electron chi connectivity index (χ3n) is 4.26. The smallest absolute Gasteiger partial charge is 0.193 e. The summed E-state index contributed by atoms with van der Waals surface area (Å²) in [5.74, 6) is 2.32. The molecule has 2 rings (SSSR count). The number of likely N-dealkylation sites (tertiary alicyclic amines) is 1. The summed E-state index contributed by atoms with van der Waals surface area (Å²) in [7, 11) is 3.26. The van der Waals surface area contributed by atoms with Crippen LogP contribution in [0.3, 0.4) is 0 Å². The minimum Gasteiger partial charge on any atom is -0.497 e. The zero-order chi connectivity index (χ0) is 17.4. The summed E-state index contributed by atoms with van der Waals surface area (Å²) >= 11 is 0. The van der Waals surface area contributed by atoms with Gasteiger partial charge in [0.05, 0.1) is 19.9 Å². The lowest BCUT2D eigenvalue weighted by molar-refractivity contribution is 0.203. The number of aliphatic imine (C=N–C) groups is 1. The molecule has 0 amide bonds. The first-order valence-electron chi connectivity index (χ1n) is 8.63. The summed E-state index contributed by atoms with van der Waals surface area (Å²) in [4.78, 5) is 7.00. The zero-order valence-corrected chi connectivity index (χ0v) is 17.8. The second-order valence-corrected chi connectivity index (χ2v) is 6.38. The molecule has 1 unspecified atom stereocenters. The van der Waals surface area contributed by atoms with Crippen LogP contribution in [0.5, 0.6) is 11.5 Å². The van der Waals surface area contributed by atoms with Crippen molar-refractivity contribution in [2.75, 3.05) is 45.7 Å². The number of hydrogen-bond donors (Lipinski definition) is 2. The Morgan fingerprint density at radius 1 is 1.24 bits per heavy atom. The molecular formula is C18H31IN4O2. The van der Waals surface area contributed by atoms with Crippen LogP contribution in [0.4, 0.5) is 5.69 Å². The molecule has 0 spiro atoms. The molecule has 1 fully saturated rings. The van der Waals surface area contributed by atoms with Crippen molar-refractivity contribution in [3.8, 4) is 11.5 Å². The molecule has 1 atom stereocenters. The highest BCUT2D eigenvalue weighted by atomic mass is 127. The predicted molar refractivity (Wildman–Crippen MR) is 115 cm³/mol. The summed E-state index contributed by atoms with van der Waals surface area (Å²) in [6.45, 7) is 6.43. The van der Waals surface area contributed by atoms with E-state index >= 15 is 0 Å². The van der Waals surface area contributed by atoms with E-state index < -0.39 is 0 Å². The summed E-state index contributed by atoms with van der Waals surface area (Å²) in [6.07, 6.45) is 3.99. The molecule has 3 N–H and O–H groups in total. The van der Waals surface area contributed by atoms with Gasteiger partial charge in [-0.1, -0.05) is 13.3 Å². The van der Waals surface area contributed by atoms with Crippen LogP contribution >= 0.6 is 24.0 Å². The minimum atomic E-state index is 0. The minimum absolute atomic E-state index is 0. The first kappa shape index (κ1) is 21.8. The molecule has 0 aromatic heterocycles. The van der Waals surface area contributed by atoms with Crippen molar-refractivity contribution >= 4 is 35.6 Å². The monoisotopic (exact) mass is 462 g/mol. The maximum absolute atomic E-state index is 6.03. The number of piperidine rings is 1. The molecule has 1 aromatic carbocycles. The molecule has 0 aliphatic carbocycles. The third kappa shape index (κ3) is 7.27. The number of halogens is 1. The average Bonchev–Trinajstić information content (AvgIpc) is 2.60. The number of benzene rings is 1. The Balaban J connectivity index is 0.00000312. The first-order chi connectivity index (χ1) is 11.6. The van der Waals surface area contributed by atoms with Crippen molar-refractivity contribution in [1.82, 2.24) is 4.90 Å². The van der Waals surface area contributed by atoms with Gasteiger partial charge in [-0.3, -0.25) is 4.99 Å². The molecule has 0 radical (unpaired) electrons. The van der Waals surface area contributed by atoms with E-state index in [0.29, 0.717) is 24.2 Å². The Morgan fingerprint density at radius 3 is 2.60 bits per heavy atom. The zero-order valence-electron chi connectivity index (χ0n) is 15.5. The number of nitrogens with zero attached hydrogens (tertiary/aromatic N) is 2. The fraction of sp³-hybridized carbons (Fsp3) is 0.611. The van der Waals surface area contributed by atoms with Crippen molar-refractivity contribution in [3.05, 3.63) is 18.2 Å². The van der Waals surface area contributed by atoms with E-state index in [-0.39, 0.29) is 24.0 Å². The summed E-state index contributed by atoms with van der Waals surface area (Å²) in [5, 5.41) is 3.10. The van der Waals surface area contributed by atoms with Crippen LogP contribution < -0.4 is 20.5 Å². The van der Waals surface area contributed by atoms with Crippen LogP contribution in [0.1, 0.15) is 26.2 Å². The van der Waals surface area contributed by atoms with Gasteiger partial charge in [-0.25, -0.2) is 0 Å². The standard InChI is InChI=1S/C18H30N4O2.HI/c1-14(13-22-9-5-4-6-10-22)12-20-18(19)21-16-11-15(23-2)7-8-17(16)24-3;/h7-8,11,14H,4-6,9-10,12-13H2,1-3H3,(H3,19,20,21);1H. The van der Waals surface area contributed by atoms with Crippen molar-refractivity contribution < 1.29 is 9.47 Å². The van der Waals surface area contributed by atoms with E-state index in [1.807, 2.05) is 18.2 Å². The Morgan fingerprint density at radius 2 is 1.96 bits per heavy atom. The molecule has 1 aliphatic heterocycles. The molecule has 1 heterocycles. The second kappa shape index (κ2) is 11.4. The largest absolute Gasteiger partial charge is 0.497 e. The number of methoxy groups -OCH3 is 2. The molecule has 142 valence electrons. The lowest BCUT2D eigenvalue weighted by atomic mass is 10.1. The topological polar surface area (TPSA) is 72.1 Å². The Hall–Kier alpha value is -1.22. The fourth-order valence-electron chi connectivity index (χ4n) is 2.98. The van der Waals surface area contributed by atoms with Crippen molar-refractivity contribution in [2.45, 2.75) is 26.2 Å². The molecule has 25 heavy (non-hydrogen) atoms. The van der Waals surface area contributed by atoms with Crippen LogP contribution in [0.2, 0.25) is 0 Å². The number of nitrogens with two attached hydrogens (primary N) is 1. The Labute approximate surface area is 168 Å². The second-order valence-electron chi connectivity index (χ2n) is 6.38. The third-order valence-corrected chi connectivity index (χ3v) is 4.26. The van der Waals surface area contributed by atoms with E-state index in [1.54, 1.807) is 14.2 Å². The maximum atomic E-state index is 6.03. The van der Waals surface area contributed by atoms with Crippen molar-refractivity contribution in [1.29, 1.82) is 0 Å². The molecule has 7 heteroatoms. The SMILES string of the molecule is COc1ccc(OC)c(NC(N)=NCC(C)CN2CCCCC2)c1.I. The van der Waals surface area contributed by atoms with E-state index in [0.717, 1.165) is 18.0 Å². The molecule has 1 saturated heterocycles. The lowest BCUT2D eigenvalue weighted by Crippen LogP contribution is -2.34. The number of anilines is 1. The van der Waals surface area contributed by atoms with Crippen LogP contribution in [0.15, 0.2) is 23.2 Å². The van der Waals surface area contributed by atoms with E-state index in [2.05, 4.69) is 22.1 Å². The average molecular weight is 462 g/mol. The summed E-state index contributed by atoms with van der Waals surface area (Å²) in [5.41, 5.74) is 6.78. The number of rotatable bonds is 7. The van der Waals surface area contributed by atoms with Gasteiger partial charge >= 0.3 is 0 Å². The highest BCUT2D eigenvalue weighted by Gasteiger charge is 2.13. The molecular weight excluding hydrogens is 431 g/mol. The van der Waals surface area contributed by atoms with Crippen LogP contribution in [-0.2, 0) is 0 Å². The van der Waals surface area contributed by atoms with Crippen molar-refractivity contribution in [2.24, 2.45) is 16.6 Å². The van der Waals surface area contributed by atoms with E-state index in [1.165, 1.54) is 32.4 Å². The lowest BCUT2D eigenvalue weighted by Gasteiger charge is -2.28. The fourth-order valence-corrected chi connectivity index (χ4v) is 2.98. The van der Waals surface area contributed by atoms with Crippen molar-refractivity contribution in [3.63, 3.8) is 0 Å². The molecule has 1 aromatic rings. The summed E-state index contributed by atoms with van der Waals surface area (Å²) < 4.78 is 10.6. The van der Waals surface area contributed by atoms with Gasteiger partial charge < -0.3 is 25.4 Å². The van der Waals surface area contributed by atoms with Gasteiger partial charge in [0, 0.05) is 19.2 Å². The highest BCUT2D eigenvalue weighted by molar-refractivity contribution is 14.0. The Bertz CT molecular complexity index is 548. The maximum Gasteiger partial charge on any atom is 0.193 e. The van der Waals surface area contributed by atoms with Crippen LogP contribution in [0.25, 0.3) is 0 Å². The number of hydrogen-bond acceptors (Lipinski definition) is 4. The predicted octanol–water partition coefficient (Wildman–Crippen LogP) is 3.17. The van der Waals surface area contributed by atoms with Gasteiger partial charge in [0.15, 0.2) is 5.96 Å². The number of ether oxygens (including phenoxy) is 2. The normalized spacial score (nSPS) is 16.7.